The molecule has 0 aromatic heterocycles. The number of amides is 2. The van der Waals surface area contributed by atoms with Crippen molar-refractivity contribution in [1.29, 1.82) is 0 Å². The SMILES string of the molecule is O=C(Cc1ccccc1)N1CC[C@]2(CCC[C@H]2C(=O)N2CCCCO2)C1. The molecule has 2 saturated heterocycles. The van der Waals surface area contributed by atoms with E-state index in [4.69, 9.17) is 4.84 Å². The van der Waals surface area contributed by atoms with Gasteiger partial charge in [-0.2, -0.15) is 0 Å². The number of carbonyl (C=O) groups excluding carboxylic acids is 2. The van der Waals surface area contributed by atoms with Crippen LogP contribution in [0.25, 0.3) is 0 Å². The molecule has 2 amide bonds. The smallest absolute Gasteiger partial charge is 0.249 e. The summed E-state index contributed by atoms with van der Waals surface area (Å²) in [6, 6.07) is 9.91. The Kier molecular flexibility index (Phi) is 4.98. The first-order chi connectivity index (χ1) is 12.7. The third kappa shape index (κ3) is 3.37. The lowest BCUT2D eigenvalue weighted by Gasteiger charge is -2.35. The normalized spacial score (nSPS) is 28.7. The van der Waals surface area contributed by atoms with Crippen molar-refractivity contribution in [3.05, 3.63) is 35.9 Å². The Balaban J connectivity index is 1.42. The summed E-state index contributed by atoms with van der Waals surface area (Å²) < 4.78 is 0. The highest BCUT2D eigenvalue weighted by Crippen LogP contribution is 2.50. The Bertz CT molecular complexity index is 656. The van der Waals surface area contributed by atoms with Crippen molar-refractivity contribution in [1.82, 2.24) is 9.96 Å². The van der Waals surface area contributed by atoms with Crippen LogP contribution in [0.4, 0.5) is 0 Å². The predicted molar refractivity (Wildman–Crippen MR) is 98.0 cm³/mol. The van der Waals surface area contributed by atoms with Crippen molar-refractivity contribution in [3.8, 4) is 0 Å². The summed E-state index contributed by atoms with van der Waals surface area (Å²) in [5.41, 5.74) is 1.02. The van der Waals surface area contributed by atoms with Gasteiger partial charge in [0, 0.05) is 31.0 Å². The highest BCUT2D eigenvalue weighted by Gasteiger charge is 2.52. The number of benzene rings is 1. The Morgan fingerprint density at radius 3 is 2.69 bits per heavy atom. The van der Waals surface area contributed by atoms with E-state index < -0.39 is 0 Å². The molecule has 0 radical (unpaired) electrons. The zero-order valence-corrected chi connectivity index (χ0v) is 15.4. The number of carbonyl (C=O) groups is 2. The van der Waals surface area contributed by atoms with Crippen LogP contribution in [-0.2, 0) is 20.8 Å². The first-order valence-electron chi connectivity index (χ1n) is 9.94. The van der Waals surface area contributed by atoms with Gasteiger partial charge >= 0.3 is 0 Å². The Morgan fingerprint density at radius 2 is 1.92 bits per heavy atom. The molecule has 0 bridgehead atoms. The van der Waals surface area contributed by atoms with Crippen LogP contribution in [0.3, 0.4) is 0 Å². The molecule has 5 nitrogen and oxygen atoms in total. The number of likely N-dealkylation sites (tertiary alicyclic amines) is 1. The minimum atomic E-state index is -0.0375. The monoisotopic (exact) mass is 356 g/mol. The largest absolute Gasteiger partial charge is 0.342 e. The zero-order valence-electron chi connectivity index (χ0n) is 15.4. The molecule has 5 heteroatoms. The summed E-state index contributed by atoms with van der Waals surface area (Å²) in [5, 5.41) is 1.61. The number of hydroxylamine groups is 2. The molecular formula is C21H28N2O3. The summed E-state index contributed by atoms with van der Waals surface area (Å²) in [5.74, 6) is 0.343. The van der Waals surface area contributed by atoms with Gasteiger partial charge in [0.05, 0.1) is 13.0 Å². The van der Waals surface area contributed by atoms with Gasteiger partial charge in [-0.15, -0.1) is 0 Å². The molecule has 3 fully saturated rings. The van der Waals surface area contributed by atoms with Gasteiger partial charge in [-0.1, -0.05) is 36.8 Å². The Hall–Kier alpha value is -1.88. The van der Waals surface area contributed by atoms with Gasteiger partial charge < -0.3 is 4.90 Å². The van der Waals surface area contributed by atoms with E-state index in [1.165, 1.54) is 0 Å². The van der Waals surface area contributed by atoms with Crippen molar-refractivity contribution >= 4 is 11.8 Å². The van der Waals surface area contributed by atoms with Crippen LogP contribution in [-0.4, -0.2) is 48.0 Å². The van der Waals surface area contributed by atoms with E-state index in [2.05, 4.69) is 0 Å². The molecule has 1 aliphatic carbocycles. The van der Waals surface area contributed by atoms with E-state index in [0.717, 1.165) is 57.2 Å². The van der Waals surface area contributed by atoms with E-state index in [0.29, 0.717) is 19.6 Å². The van der Waals surface area contributed by atoms with Gasteiger partial charge in [0.15, 0.2) is 0 Å². The fourth-order valence-corrected chi connectivity index (χ4v) is 4.95. The number of hydrogen-bond acceptors (Lipinski definition) is 3. The molecule has 1 spiro atoms. The zero-order chi connectivity index (χ0) is 18.0. The van der Waals surface area contributed by atoms with Gasteiger partial charge in [0.2, 0.25) is 11.8 Å². The van der Waals surface area contributed by atoms with Crippen LogP contribution in [0.2, 0.25) is 0 Å². The summed E-state index contributed by atoms with van der Waals surface area (Å²) >= 11 is 0. The maximum atomic E-state index is 13.0. The Morgan fingerprint density at radius 1 is 1.08 bits per heavy atom. The average Bonchev–Trinajstić information content (AvgIpc) is 3.30. The van der Waals surface area contributed by atoms with Gasteiger partial charge in [0.25, 0.3) is 0 Å². The van der Waals surface area contributed by atoms with E-state index in [9.17, 15) is 9.59 Å². The third-order valence-electron chi connectivity index (χ3n) is 6.39. The van der Waals surface area contributed by atoms with Gasteiger partial charge in [-0.25, -0.2) is 5.06 Å². The molecular weight excluding hydrogens is 328 g/mol. The quantitative estimate of drug-likeness (QED) is 0.837. The second kappa shape index (κ2) is 7.39. The molecule has 1 aromatic rings. The standard InChI is InChI=1S/C21H28N2O3/c24-19(15-17-7-2-1-3-8-17)22-13-11-21(16-22)10-6-9-18(21)20(25)23-12-4-5-14-26-23/h1-3,7-8,18H,4-6,9-16H2/t18-,21+/m0/s1. The summed E-state index contributed by atoms with van der Waals surface area (Å²) in [6.07, 6.45) is 6.49. The van der Waals surface area contributed by atoms with Crippen LogP contribution in [0.1, 0.15) is 44.1 Å². The van der Waals surface area contributed by atoms with Crippen molar-refractivity contribution in [2.45, 2.75) is 44.9 Å². The molecule has 26 heavy (non-hydrogen) atoms. The first-order valence-corrected chi connectivity index (χ1v) is 9.94. The van der Waals surface area contributed by atoms with Crippen molar-refractivity contribution in [2.75, 3.05) is 26.2 Å². The second-order valence-electron chi connectivity index (χ2n) is 8.02. The summed E-state index contributed by atoms with van der Waals surface area (Å²) in [6.45, 7) is 2.86. The molecule has 2 heterocycles. The average molecular weight is 356 g/mol. The van der Waals surface area contributed by atoms with Gasteiger partial charge in [-0.3, -0.25) is 14.4 Å². The van der Waals surface area contributed by atoms with Crippen LogP contribution in [0.5, 0.6) is 0 Å². The highest BCUT2D eigenvalue weighted by atomic mass is 16.7. The fraction of sp³-hybridized carbons (Fsp3) is 0.619. The van der Waals surface area contributed by atoms with E-state index in [1.54, 1.807) is 5.06 Å². The molecule has 2 atom stereocenters. The van der Waals surface area contributed by atoms with Crippen LogP contribution < -0.4 is 0 Å². The highest BCUT2D eigenvalue weighted by molar-refractivity contribution is 5.81. The van der Waals surface area contributed by atoms with E-state index >= 15 is 0 Å². The maximum absolute atomic E-state index is 13.0. The second-order valence-corrected chi connectivity index (χ2v) is 8.02. The van der Waals surface area contributed by atoms with Gasteiger partial charge in [-0.05, 0) is 37.7 Å². The van der Waals surface area contributed by atoms with E-state index in [1.807, 2.05) is 35.2 Å². The molecule has 1 saturated carbocycles. The fourth-order valence-electron chi connectivity index (χ4n) is 4.95. The minimum absolute atomic E-state index is 0.00938. The molecule has 0 N–H and O–H groups in total. The number of hydrogen-bond donors (Lipinski definition) is 0. The topological polar surface area (TPSA) is 49.9 Å². The molecule has 3 aliphatic rings. The lowest BCUT2D eigenvalue weighted by atomic mass is 9.76. The van der Waals surface area contributed by atoms with Crippen molar-refractivity contribution < 1.29 is 14.4 Å². The number of rotatable bonds is 3. The molecule has 0 unspecified atom stereocenters. The van der Waals surface area contributed by atoms with Crippen LogP contribution in [0.15, 0.2) is 30.3 Å². The lowest BCUT2D eigenvalue weighted by Crippen LogP contribution is -2.45. The first kappa shape index (κ1) is 17.5. The minimum Gasteiger partial charge on any atom is -0.342 e. The predicted octanol–water partition coefficient (Wildman–Crippen LogP) is 2.80. The molecule has 140 valence electrons. The van der Waals surface area contributed by atoms with Crippen LogP contribution in [0, 0.1) is 11.3 Å². The molecule has 1 aromatic carbocycles. The summed E-state index contributed by atoms with van der Waals surface area (Å²) in [4.78, 5) is 33.4. The summed E-state index contributed by atoms with van der Waals surface area (Å²) in [7, 11) is 0. The van der Waals surface area contributed by atoms with E-state index in [-0.39, 0.29) is 23.1 Å². The van der Waals surface area contributed by atoms with Crippen LogP contribution >= 0.6 is 0 Å². The lowest BCUT2D eigenvalue weighted by molar-refractivity contribution is -0.204. The molecule has 4 rings (SSSR count). The van der Waals surface area contributed by atoms with Crippen molar-refractivity contribution in [3.63, 3.8) is 0 Å². The van der Waals surface area contributed by atoms with Gasteiger partial charge in [0.1, 0.15) is 0 Å². The third-order valence-corrected chi connectivity index (χ3v) is 6.39. The van der Waals surface area contributed by atoms with Crippen molar-refractivity contribution in [2.24, 2.45) is 11.3 Å². The Labute approximate surface area is 155 Å². The number of nitrogens with zero attached hydrogens (tertiary/aromatic N) is 2. The maximum Gasteiger partial charge on any atom is 0.249 e. The molecule has 2 aliphatic heterocycles.